The number of ether oxygens (including phenoxy) is 1. The summed E-state index contributed by atoms with van der Waals surface area (Å²) in [5, 5.41) is 1.06. The van der Waals surface area contributed by atoms with Crippen LogP contribution in [-0.4, -0.2) is 12.1 Å². The third-order valence-corrected chi connectivity index (χ3v) is 6.15. The standard InChI is InChI=1S/C22H18FNOS/c1-4-15-7-5-6-8-17(15)22(11-12-22)21-24-20(14(2)26-21)16-9-10-19(25-3)18(23)13-16/h1,5-10,13H,11-12H2,2-3H3. The molecule has 1 saturated carbocycles. The van der Waals surface area contributed by atoms with E-state index in [2.05, 4.69) is 12.0 Å². The number of halogens is 1. The number of benzene rings is 2. The van der Waals surface area contributed by atoms with Crippen LogP contribution in [0.25, 0.3) is 11.3 Å². The lowest BCUT2D eigenvalue weighted by Gasteiger charge is -2.14. The van der Waals surface area contributed by atoms with Crippen molar-refractivity contribution in [2.45, 2.75) is 25.2 Å². The van der Waals surface area contributed by atoms with Gasteiger partial charge in [-0.25, -0.2) is 9.37 Å². The van der Waals surface area contributed by atoms with E-state index < -0.39 is 0 Å². The fourth-order valence-corrected chi connectivity index (χ4v) is 4.63. The Labute approximate surface area is 156 Å². The summed E-state index contributed by atoms with van der Waals surface area (Å²) in [7, 11) is 1.46. The molecule has 3 aromatic rings. The van der Waals surface area contributed by atoms with Crippen molar-refractivity contribution in [3.05, 3.63) is 69.3 Å². The highest BCUT2D eigenvalue weighted by Crippen LogP contribution is 2.56. The summed E-state index contributed by atoms with van der Waals surface area (Å²) in [6.45, 7) is 2.03. The van der Waals surface area contributed by atoms with Crippen molar-refractivity contribution in [1.82, 2.24) is 4.98 Å². The molecule has 4 heteroatoms. The predicted octanol–water partition coefficient (Wildman–Crippen LogP) is 5.33. The van der Waals surface area contributed by atoms with Gasteiger partial charge in [-0.3, -0.25) is 0 Å². The molecular weight excluding hydrogens is 345 g/mol. The number of thiazole rings is 1. The van der Waals surface area contributed by atoms with Crippen molar-refractivity contribution >= 4 is 11.3 Å². The summed E-state index contributed by atoms with van der Waals surface area (Å²) in [6, 6.07) is 13.1. The second-order valence-corrected chi connectivity index (χ2v) is 7.75. The van der Waals surface area contributed by atoms with Gasteiger partial charge in [-0.15, -0.1) is 17.8 Å². The van der Waals surface area contributed by atoms with E-state index in [1.54, 1.807) is 17.4 Å². The third-order valence-electron chi connectivity index (χ3n) is 4.98. The molecule has 0 amide bonds. The topological polar surface area (TPSA) is 22.1 Å². The first kappa shape index (κ1) is 16.8. The van der Waals surface area contributed by atoms with Gasteiger partial charge in [0, 0.05) is 21.4 Å². The maximum absolute atomic E-state index is 14.1. The minimum absolute atomic E-state index is 0.0956. The Morgan fingerprint density at radius 1 is 1.23 bits per heavy atom. The quantitative estimate of drug-likeness (QED) is 0.585. The maximum Gasteiger partial charge on any atom is 0.165 e. The van der Waals surface area contributed by atoms with Crippen molar-refractivity contribution < 1.29 is 9.13 Å². The molecule has 26 heavy (non-hydrogen) atoms. The summed E-state index contributed by atoms with van der Waals surface area (Å²) in [5.74, 6) is 2.66. The van der Waals surface area contributed by atoms with E-state index in [0.29, 0.717) is 0 Å². The van der Waals surface area contributed by atoms with Gasteiger partial charge in [0.15, 0.2) is 11.6 Å². The molecular formula is C22H18FNOS. The van der Waals surface area contributed by atoms with Crippen LogP contribution in [0, 0.1) is 25.1 Å². The molecule has 2 aromatic carbocycles. The molecule has 0 N–H and O–H groups in total. The van der Waals surface area contributed by atoms with Gasteiger partial charge in [0.25, 0.3) is 0 Å². The average molecular weight is 363 g/mol. The zero-order valence-electron chi connectivity index (χ0n) is 14.7. The molecule has 1 aliphatic rings. The SMILES string of the molecule is C#Cc1ccccc1C1(c2nc(-c3ccc(OC)c(F)c3)c(C)s2)CC1. The molecule has 0 bridgehead atoms. The number of rotatable bonds is 4. The van der Waals surface area contributed by atoms with Crippen LogP contribution in [0.5, 0.6) is 5.75 Å². The van der Waals surface area contributed by atoms with Gasteiger partial charge in [-0.1, -0.05) is 24.1 Å². The lowest BCUT2D eigenvalue weighted by atomic mass is 9.92. The summed E-state index contributed by atoms with van der Waals surface area (Å²) in [6.07, 6.45) is 7.78. The molecule has 1 fully saturated rings. The average Bonchev–Trinajstić information content (AvgIpc) is 3.38. The lowest BCUT2D eigenvalue weighted by Crippen LogP contribution is -2.10. The van der Waals surface area contributed by atoms with Gasteiger partial charge in [0.1, 0.15) is 5.01 Å². The second-order valence-electron chi connectivity index (χ2n) is 6.55. The number of hydrogen-bond acceptors (Lipinski definition) is 3. The van der Waals surface area contributed by atoms with Gasteiger partial charge >= 0.3 is 0 Å². The molecule has 0 atom stereocenters. The van der Waals surface area contributed by atoms with E-state index in [-0.39, 0.29) is 17.0 Å². The van der Waals surface area contributed by atoms with Crippen LogP contribution in [0.2, 0.25) is 0 Å². The van der Waals surface area contributed by atoms with Gasteiger partial charge in [0.2, 0.25) is 0 Å². The molecule has 4 rings (SSSR count). The normalized spacial score (nSPS) is 14.7. The molecule has 0 radical (unpaired) electrons. The van der Waals surface area contributed by atoms with Crippen LogP contribution in [0.4, 0.5) is 4.39 Å². The Hall–Kier alpha value is -2.64. The molecule has 130 valence electrons. The largest absolute Gasteiger partial charge is 0.494 e. The van der Waals surface area contributed by atoms with Crippen molar-refractivity contribution in [3.63, 3.8) is 0 Å². The highest BCUT2D eigenvalue weighted by atomic mass is 32.1. The minimum atomic E-state index is -0.377. The number of aromatic nitrogens is 1. The number of aryl methyl sites for hydroxylation is 1. The Bertz CT molecular complexity index is 1030. The van der Waals surface area contributed by atoms with Crippen LogP contribution in [-0.2, 0) is 5.41 Å². The van der Waals surface area contributed by atoms with Crippen LogP contribution < -0.4 is 4.74 Å². The van der Waals surface area contributed by atoms with Crippen LogP contribution >= 0.6 is 11.3 Å². The number of nitrogens with zero attached hydrogens (tertiary/aromatic N) is 1. The van der Waals surface area contributed by atoms with Gasteiger partial charge in [-0.05, 0) is 49.6 Å². The Balaban J connectivity index is 1.78. The summed E-state index contributed by atoms with van der Waals surface area (Å²) in [4.78, 5) is 5.98. The number of methoxy groups -OCH3 is 1. The van der Waals surface area contributed by atoms with E-state index in [4.69, 9.17) is 16.1 Å². The highest BCUT2D eigenvalue weighted by molar-refractivity contribution is 7.12. The number of hydrogen-bond donors (Lipinski definition) is 0. The van der Waals surface area contributed by atoms with Gasteiger partial charge in [-0.2, -0.15) is 0 Å². The molecule has 1 aromatic heterocycles. The third kappa shape index (κ3) is 2.60. The van der Waals surface area contributed by atoms with E-state index in [1.807, 2.05) is 31.2 Å². The van der Waals surface area contributed by atoms with Crippen molar-refractivity contribution in [1.29, 1.82) is 0 Å². The summed E-state index contributed by atoms with van der Waals surface area (Å²) >= 11 is 1.68. The van der Waals surface area contributed by atoms with E-state index >= 15 is 0 Å². The monoisotopic (exact) mass is 363 g/mol. The minimum Gasteiger partial charge on any atom is -0.494 e. The van der Waals surface area contributed by atoms with Crippen LogP contribution in [0.3, 0.4) is 0 Å². The maximum atomic E-state index is 14.1. The summed E-state index contributed by atoms with van der Waals surface area (Å²) in [5.41, 5.74) is 3.60. The first-order valence-corrected chi connectivity index (χ1v) is 9.28. The fourth-order valence-electron chi connectivity index (χ4n) is 3.43. The molecule has 2 nitrogen and oxygen atoms in total. The number of terminal acetylenes is 1. The lowest BCUT2D eigenvalue weighted by molar-refractivity contribution is 0.386. The summed E-state index contributed by atoms with van der Waals surface area (Å²) < 4.78 is 19.1. The van der Waals surface area contributed by atoms with E-state index in [0.717, 1.165) is 39.5 Å². The van der Waals surface area contributed by atoms with Crippen LogP contribution in [0.15, 0.2) is 42.5 Å². The first-order chi connectivity index (χ1) is 12.6. The van der Waals surface area contributed by atoms with E-state index in [9.17, 15) is 4.39 Å². The molecule has 0 aliphatic heterocycles. The van der Waals surface area contributed by atoms with Crippen molar-refractivity contribution in [3.8, 4) is 29.4 Å². The van der Waals surface area contributed by atoms with E-state index in [1.165, 1.54) is 18.7 Å². The Kier molecular flexibility index (Phi) is 4.05. The van der Waals surface area contributed by atoms with Crippen molar-refractivity contribution in [2.75, 3.05) is 7.11 Å². The molecule has 0 saturated heterocycles. The van der Waals surface area contributed by atoms with Crippen LogP contribution in [0.1, 0.15) is 33.9 Å². The van der Waals surface area contributed by atoms with Gasteiger partial charge < -0.3 is 4.74 Å². The van der Waals surface area contributed by atoms with Gasteiger partial charge in [0.05, 0.1) is 12.8 Å². The zero-order valence-corrected chi connectivity index (χ0v) is 15.5. The molecule has 0 spiro atoms. The molecule has 1 aliphatic carbocycles. The molecule has 0 unspecified atom stereocenters. The van der Waals surface area contributed by atoms with Crippen molar-refractivity contribution in [2.24, 2.45) is 0 Å². The Morgan fingerprint density at radius 3 is 2.65 bits per heavy atom. The first-order valence-electron chi connectivity index (χ1n) is 8.47. The predicted molar refractivity (Wildman–Crippen MR) is 103 cm³/mol. The fraction of sp³-hybridized carbons (Fsp3) is 0.227. The second kappa shape index (κ2) is 6.26. The molecule has 1 heterocycles. The smallest absolute Gasteiger partial charge is 0.165 e. The Morgan fingerprint density at radius 2 is 2.00 bits per heavy atom. The highest BCUT2D eigenvalue weighted by Gasteiger charge is 2.49. The zero-order chi connectivity index (χ0) is 18.3.